The summed E-state index contributed by atoms with van der Waals surface area (Å²) < 4.78 is 34.8. The summed E-state index contributed by atoms with van der Waals surface area (Å²) in [6.45, 7) is -0.331. The number of hydrogen-bond acceptors (Lipinski definition) is 3. The Morgan fingerprint density at radius 3 is 2.27 bits per heavy atom. The molecule has 0 aromatic heterocycles. The maximum Gasteiger partial charge on any atom is 0.471 e. The van der Waals surface area contributed by atoms with E-state index in [1.165, 1.54) is 0 Å². The highest BCUT2D eigenvalue weighted by Gasteiger charge is 2.38. The predicted octanol–water partition coefficient (Wildman–Crippen LogP) is -0.109. The van der Waals surface area contributed by atoms with Crippen LogP contribution in [0.1, 0.15) is 12.8 Å². The van der Waals surface area contributed by atoms with Crippen LogP contribution in [0.2, 0.25) is 0 Å². The van der Waals surface area contributed by atoms with Crippen molar-refractivity contribution in [2.75, 3.05) is 6.54 Å². The fourth-order valence-corrected chi connectivity index (χ4v) is 0.721. The predicted molar refractivity (Wildman–Crippen MR) is 41.9 cm³/mol. The number of aliphatic carboxylic acids is 1. The molecule has 0 aliphatic carbocycles. The largest absolute Gasteiger partial charge is 0.479 e. The second kappa shape index (κ2) is 5.54. The lowest BCUT2D eigenvalue weighted by Gasteiger charge is -2.08. The molecule has 5 nitrogen and oxygen atoms in total. The number of alkyl halides is 3. The van der Waals surface area contributed by atoms with Crippen LogP contribution in [0.3, 0.4) is 0 Å². The second-order valence-electron chi connectivity index (χ2n) is 2.75. The minimum atomic E-state index is -4.94. The van der Waals surface area contributed by atoms with Crippen molar-refractivity contribution >= 4 is 11.9 Å². The normalized spacial score (nSPS) is 13.3. The van der Waals surface area contributed by atoms with Crippen LogP contribution in [0.5, 0.6) is 0 Å². The first-order chi connectivity index (χ1) is 6.75. The van der Waals surface area contributed by atoms with Crippen molar-refractivity contribution in [3.05, 3.63) is 0 Å². The number of carbonyl (C=O) groups excluding carboxylic acids is 1. The Bertz CT molecular complexity index is 241. The van der Waals surface area contributed by atoms with Crippen molar-refractivity contribution in [2.24, 2.45) is 0 Å². The maximum atomic E-state index is 11.6. The van der Waals surface area contributed by atoms with Gasteiger partial charge < -0.3 is 15.5 Å². The molecule has 0 unspecified atom stereocenters. The third-order valence-corrected chi connectivity index (χ3v) is 1.48. The smallest absolute Gasteiger partial charge is 0.471 e. The Kier molecular flexibility index (Phi) is 5.06. The van der Waals surface area contributed by atoms with Gasteiger partial charge >= 0.3 is 18.1 Å². The number of amides is 1. The van der Waals surface area contributed by atoms with E-state index >= 15 is 0 Å². The first-order valence-electron chi connectivity index (χ1n) is 4.01. The first kappa shape index (κ1) is 13.7. The van der Waals surface area contributed by atoms with Crippen LogP contribution in [0, 0.1) is 0 Å². The summed E-state index contributed by atoms with van der Waals surface area (Å²) in [5, 5.41) is 18.5. The highest BCUT2D eigenvalue weighted by molar-refractivity contribution is 5.81. The van der Waals surface area contributed by atoms with Gasteiger partial charge in [0.2, 0.25) is 0 Å². The summed E-state index contributed by atoms with van der Waals surface area (Å²) in [5.74, 6) is -3.52. The minimum absolute atomic E-state index is 0.0463. The van der Waals surface area contributed by atoms with E-state index in [1.54, 1.807) is 5.32 Å². The first-order valence-corrected chi connectivity index (χ1v) is 4.01. The van der Waals surface area contributed by atoms with Gasteiger partial charge in [0.1, 0.15) is 0 Å². The summed E-state index contributed by atoms with van der Waals surface area (Å²) in [5.41, 5.74) is 0. The average molecular weight is 229 g/mol. The minimum Gasteiger partial charge on any atom is -0.479 e. The summed E-state index contributed by atoms with van der Waals surface area (Å²) in [4.78, 5) is 20.3. The molecule has 0 spiro atoms. The molecule has 88 valence electrons. The molecule has 1 amide bonds. The van der Waals surface area contributed by atoms with Crippen LogP contribution in [0.4, 0.5) is 13.2 Å². The van der Waals surface area contributed by atoms with Gasteiger partial charge in [0, 0.05) is 6.54 Å². The monoisotopic (exact) mass is 229 g/mol. The average Bonchev–Trinajstić information content (AvgIpc) is 2.09. The zero-order chi connectivity index (χ0) is 12.1. The molecule has 0 fully saturated rings. The summed E-state index contributed by atoms with van der Waals surface area (Å²) in [7, 11) is 0. The molecule has 1 atom stereocenters. The number of hydrogen-bond donors (Lipinski definition) is 3. The fourth-order valence-electron chi connectivity index (χ4n) is 0.721. The van der Waals surface area contributed by atoms with Crippen molar-refractivity contribution in [1.29, 1.82) is 0 Å². The zero-order valence-electron chi connectivity index (χ0n) is 7.54. The standard InChI is InChI=1S/C7H10F3NO4/c8-7(9,10)6(15)11-3-1-2-4(12)5(13)14/h4,12H,1-3H2,(H,11,15)(H,13,14)/t4-/m0/s1. The number of rotatable bonds is 5. The number of carboxylic acid groups (broad SMARTS) is 1. The van der Waals surface area contributed by atoms with Crippen molar-refractivity contribution in [1.82, 2.24) is 5.32 Å². The third-order valence-electron chi connectivity index (χ3n) is 1.48. The molecular weight excluding hydrogens is 219 g/mol. The van der Waals surface area contributed by atoms with Gasteiger partial charge in [-0.2, -0.15) is 13.2 Å². The van der Waals surface area contributed by atoms with E-state index in [2.05, 4.69) is 0 Å². The van der Waals surface area contributed by atoms with E-state index in [9.17, 15) is 22.8 Å². The molecule has 0 saturated heterocycles. The number of halogens is 3. The molecule has 0 radical (unpaired) electrons. The lowest BCUT2D eigenvalue weighted by Crippen LogP contribution is -2.37. The van der Waals surface area contributed by atoms with E-state index < -0.39 is 24.2 Å². The Hall–Kier alpha value is -1.31. The molecule has 0 saturated carbocycles. The molecule has 0 bridgehead atoms. The van der Waals surface area contributed by atoms with Gasteiger partial charge in [-0.05, 0) is 12.8 Å². The molecule has 0 rings (SSSR count). The van der Waals surface area contributed by atoms with Crippen molar-refractivity contribution in [3.8, 4) is 0 Å². The molecule has 0 aromatic carbocycles. The van der Waals surface area contributed by atoms with Gasteiger partial charge in [-0.3, -0.25) is 4.79 Å². The van der Waals surface area contributed by atoms with Gasteiger partial charge in [-0.1, -0.05) is 0 Å². The molecule has 0 heterocycles. The zero-order valence-corrected chi connectivity index (χ0v) is 7.54. The number of carboxylic acids is 1. The Morgan fingerprint density at radius 1 is 1.33 bits per heavy atom. The maximum absolute atomic E-state index is 11.6. The number of carbonyl (C=O) groups is 2. The van der Waals surface area contributed by atoms with Gasteiger partial charge in [0.15, 0.2) is 6.10 Å². The van der Waals surface area contributed by atoms with Crippen LogP contribution >= 0.6 is 0 Å². The molecular formula is C7H10F3NO4. The third kappa shape index (κ3) is 5.89. The van der Waals surface area contributed by atoms with Crippen LogP contribution in [-0.4, -0.2) is 40.9 Å². The Morgan fingerprint density at radius 2 is 1.87 bits per heavy atom. The van der Waals surface area contributed by atoms with Crippen LogP contribution < -0.4 is 5.32 Å². The molecule has 3 N–H and O–H groups in total. The highest BCUT2D eigenvalue weighted by atomic mass is 19.4. The molecule has 8 heteroatoms. The molecule has 0 aliphatic heterocycles. The van der Waals surface area contributed by atoms with Crippen LogP contribution in [0.25, 0.3) is 0 Å². The SMILES string of the molecule is O=C(O)[C@@H](O)CCCNC(=O)C(F)(F)F. The Balaban J connectivity index is 3.64. The van der Waals surface area contributed by atoms with E-state index in [1.807, 2.05) is 0 Å². The van der Waals surface area contributed by atoms with E-state index in [0.717, 1.165) is 0 Å². The summed E-state index contributed by atoms with van der Waals surface area (Å²) in [6.07, 6.45) is -6.82. The molecule has 0 aliphatic rings. The Labute approximate surface area is 82.9 Å². The number of nitrogens with one attached hydrogen (secondary N) is 1. The van der Waals surface area contributed by atoms with Gasteiger partial charge in [-0.25, -0.2) is 4.79 Å². The molecule has 0 aromatic rings. The highest BCUT2D eigenvalue weighted by Crippen LogP contribution is 2.13. The van der Waals surface area contributed by atoms with Gasteiger partial charge in [0.25, 0.3) is 0 Å². The van der Waals surface area contributed by atoms with E-state index in [-0.39, 0.29) is 19.4 Å². The number of aliphatic hydroxyl groups excluding tert-OH is 1. The fraction of sp³-hybridized carbons (Fsp3) is 0.714. The lowest BCUT2D eigenvalue weighted by atomic mass is 10.2. The molecule has 15 heavy (non-hydrogen) atoms. The van der Waals surface area contributed by atoms with E-state index in [0.29, 0.717) is 0 Å². The van der Waals surface area contributed by atoms with Crippen LogP contribution in [-0.2, 0) is 9.59 Å². The van der Waals surface area contributed by atoms with Gasteiger partial charge in [0.05, 0.1) is 0 Å². The summed E-state index contributed by atoms with van der Waals surface area (Å²) in [6, 6.07) is 0. The lowest BCUT2D eigenvalue weighted by molar-refractivity contribution is -0.173. The van der Waals surface area contributed by atoms with Crippen molar-refractivity contribution in [3.63, 3.8) is 0 Å². The van der Waals surface area contributed by atoms with Crippen molar-refractivity contribution in [2.45, 2.75) is 25.1 Å². The quantitative estimate of drug-likeness (QED) is 0.574. The van der Waals surface area contributed by atoms with Gasteiger partial charge in [-0.15, -0.1) is 0 Å². The number of aliphatic hydroxyl groups is 1. The van der Waals surface area contributed by atoms with Crippen molar-refractivity contribution < 1.29 is 33.0 Å². The summed E-state index contributed by atoms with van der Waals surface area (Å²) >= 11 is 0. The second-order valence-corrected chi connectivity index (χ2v) is 2.75. The van der Waals surface area contributed by atoms with Crippen LogP contribution in [0.15, 0.2) is 0 Å². The van der Waals surface area contributed by atoms with E-state index in [4.69, 9.17) is 10.2 Å². The topological polar surface area (TPSA) is 86.6 Å².